The van der Waals surface area contributed by atoms with E-state index in [1.165, 1.54) is 0 Å². The molecule has 1 heterocycles. The van der Waals surface area contributed by atoms with Crippen LogP contribution in [0.25, 0.3) is 11.3 Å². The number of aromatic nitrogens is 1. The summed E-state index contributed by atoms with van der Waals surface area (Å²) in [5.41, 5.74) is 9.52. The zero-order valence-electron chi connectivity index (χ0n) is 13.5. The van der Waals surface area contributed by atoms with Gasteiger partial charge < -0.3 is 5.73 Å². The summed E-state index contributed by atoms with van der Waals surface area (Å²) >= 11 is 12.5. The summed E-state index contributed by atoms with van der Waals surface area (Å²) in [7, 11) is 0. The third kappa shape index (κ3) is 3.68. The molecule has 2 N–H and O–H groups in total. The van der Waals surface area contributed by atoms with Gasteiger partial charge in [0.2, 0.25) is 5.91 Å². The van der Waals surface area contributed by atoms with Crippen LogP contribution in [0.15, 0.2) is 60.7 Å². The highest BCUT2D eigenvalue weighted by atomic mass is 35.5. The van der Waals surface area contributed by atoms with Crippen molar-refractivity contribution in [1.82, 2.24) is 4.98 Å². The number of rotatable bonds is 4. The molecule has 5 heteroatoms. The first kappa shape index (κ1) is 17.5. The minimum atomic E-state index is -0.813. The summed E-state index contributed by atoms with van der Waals surface area (Å²) in [4.78, 5) is 16.8. The molecular formula is C20H16Cl2N2O. The molecule has 3 nitrogen and oxygen atoms in total. The fourth-order valence-electron chi connectivity index (χ4n) is 2.72. The number of nitrogens with zero attached hydrogens (tertiary/aromatic N) is 1. The van der Waals surface area contributed by atoms with Gasteiger partial charge in [-0.25, -0.2) is 0 Å². The molecule has 126 valence electrons. The Hall–Kier alpha value is -2.36. The average Bonchev–Trinajstić information content (AvgIpc) is 2.58. The Morgan fingerprint density at radius 3 is 2.16 bits per heavy atom. The Morgan fingerprint density at radius 2 is 1.56 bits per heavy atom. The number of amides is 1. The van der Waals surface area contributed by atoms with Crippen LogP contribution in [0.2, 0.25) is 10.0 Å². The molecule has 1 amide bonds. The van der Waals surface area contributed by atoms with Crippen LogP contribution in [-0.2, 0) is 4.79 Å². The van der Waals surface area contributed by atoms with Crippen LogP contribution in [0, 0.1) is 6.92 Å². The van der Waals surface area contributed by atoms with Crippen LogP contribution in [0.4, 0.5) is 0 Å². The van der Waals surface area contributed by atoms with Gasteiger partial charge in [0, 0.05) is 21.2 Å². The molecule has 1 unspecified atom stereocenters. The van der Waals surface area contributed by atoms with Crippen molar-refractivity contribution in [3.05, 3.63) is 87.5 Å². The summed E-state index contributed by atoms with van der Waals surface area (Å²) in [5, 5.41) is 0.776. The standard InChI is InChI=1S/C20H16Cl2N2O/c1-12-8-10-13(11-9-12)16-6-3-7-17(24-16)19(20(23)25)18-14(21)4-2-5-15(18)22/h2-11,19H,1H3,(H2,23,25). The van der Waals surface area contributed by atoms with Gasteiger partial charge in [0.1, 0.15) is 5.92 Å². The van der Waals surface area contributed by atoms with Crippen LogP contribution in [-0.4, -0.2) is 10.9 Å². The molecule has 3 rings (SSSR count). The number of hydrogen-bond donors (Lipinski definition) is 1. The van der Waals surface area contributed by atoms with Gasteiger partial charge >= 0.3 is 0 Å². The van der Waals surface area contributed by atoms with Gasteiger partial charge in [0.05, 0.1) is 11.4 Å². The van der Waals surface area contributed by atoms with Crippen molar-refractivity contribution in [2.45, 2.75) is 12.8 Å². The molecule has 3 aromatic rings. The summed E-state index contributed by atoms with van der Waals surface area (Å²) in [5.74, 6) is -1.37. The van der Waals surface area contributed by atoms with Crippen LogP contribution >= 0.6 is 23.2 Å². The van der Waals surface area contributed by atoms with E-state index >= 15 is 0 Å². The highest BCUT2D eigenvalue weighted by molar-refractivity contribution is 6.36. The summed E-state index contributed by atoms with van der Waals surface area (Å²) < 4.78 is 0. The Bertz CT molecular complexity index is 903. The Morgan fingerprint density at radius 1 is 0.960 bits per heavy atom. The number of aryl methyl sites for hydroxylation is 1. The van der Waals surface area contributed by atoms with Crippen molar-refractivity contribution >= 4 is 29.1 Å². The molecule has 0 fully saturated rings. The number of hydrogen-bond acceptors (Lipinski definition) is 2. The average molecular weight is 371 g/mol. The van der Waals surface area contributed by atoms with E-state index in [0.717, 1.165) is 16.8 Å². The van der Waals surface area contributed by atoms with Gasteiger partial charge in [-0.3, -0.25) is 9.78 Å². The number of halogens is 2. The zero-order valence-corrected chi connectivity index (χ0v) is 15.1. The van der Waals surface area contributed by atoms with Crippen molar-refractivity contribution in [3.63, 3.8) is 0 Å². The predicted octanol–water partition coefficient (Wildman–Crippen LogP) is 4.98. The quantitative estimate of drug-likeness (QED) is 0.703. The number of pyridine rings is 1. The zero-order chi connectivity index (χ0) is 18.0. The molecule has 1 aromatic heterocycles. The minimum Gasteiger partial charge on any atom is -0.369 e. The van der Waals surface area contributed by atoms with Gasteiger partial charge in [-0.2, -0.15) is 0 Å². The van der Waals surface area contributed by atoms with Crippen molar-refractivity contribution in [2.24, 2.45) is 5.73 Å². The largest absolute Gasteiger partial charge is 0.369 e. The van der Waals surface area contributed by atoms with Crippen LogP contribution in [0.5, 0.6) is 0 Å². The van der Waals surface area contributed by atoms with E-state index in [0.29, 0.717) is 21.3 Å². The summed E-state index contributed by atoms with van der Waals surface area (Å²) in [6, 6.07) is 18.6. The second-order valence-corrected chi connectivity index (χ2v) is 6.60. The second-order valence-electron chi connectivity index (χ2n) is 5.78. The lowest BCUT2D eigenvalue weighted by atomic mass is 9.93. The Balaban J connectivity index is 2.11. The van der Waals surface area contributed by atoms with E-state index in [2.05, 4.69) is 4.98 Å². The topological polar surface area (TPSA) is 56.0 Å². The van der Waals surface area contributed by atoms with Gasteiger partial charge in [-0.1, -0.05) is 65.2 Å². The molecule has 0 aliphatic rings. The number of primary amides is 1. The fraction of sp³-hybridized carbons (Fsp3) is 0.100. The van der Waals surface area contributed by atoms with Crippen LogP contribution in [0.3, 0.4) is 0 Å². The smallest absolute Gasteiger partial charge is 0.231 e. The Labute approximate surface area is 156 Å². The van der Waals surface area contributed by atoms with Crippen LogP contribution in [0.1, 0.15) is 22.7 Å². The SMILES string of the molecule is Cc1ccc(-c2cccc(C(C(N)=O)c3c(Cl)cccc3Cl)n2)cc1. The van der Waals surface area contributed by atoms with E-state index in [1.54, 1.807) is 24.3 Å². The monoisotopic (exact) mass is 370 g/mol. The molecule has 0 radical (unpaired) electrons. The van der Waals surface area contributed by atoms with Crippen molar-refractivity contribution in [2.75, 3.05) is 0 Å². The van der Waals surface area contributed by atoms with E-state index in [9.17, 15) is 4.79 Å². The van der Waals surface area contributed by atoms with E-state index in [-0.39, 0.29) is 0 Å². The normalized spacial score (nSPS) is 12.0. The molecule has 0 saturated carbocycles. The molecule has 0 bridgehead atoms. The maximum Gasteiger partial charge on any atom is 0.231 e. The molecule has 0 aliphatic carbocycles. The maximum atomic E-state index is 12.2. The number of carbonyl (C=O) groups excluding carboxylic acids is 1. The first-order valence-corrected chi connectivity index (χ1v) is 8.50. The molecular weight excluding hydrogens is 355 g/mol. The highest BCUT2D eigenvalue weighted by Gasteiger charge is 2.26. The van der Waals surface area contributed by atoms with Crippen molar-refractivity contribution in [3.8, 4) is 11.3 Å². The van der Waals surface area contributed by atoms with E-state index in [4.69, 9.17) is 28.9 Å². The van der Waals surface area contributed by atoms with E-state index in [1.807, 2.05) is 43.3 Å². The first-order chi connectivity index (χ1) is 12.0. The predicted molar refractivity (Wildman–Crippen MR) is 102 cm³/mol. The first-order valence-electron chi connectivity index (χ1n) is 7.74. The molecule has 0 spiro atoms. The van der Waals surface area contributed by atoms with Gasteiger partial charge in [-0.05, 0) is 31.2 Å². The van der Waals surface area contributed by atoms with Gasteiger partial charge in [0.15, 0.2) is 0 Å². The fourth-order valence-corrected chi connectivity index (χ4v) is 3.34. The molecule has 1 atom stereocenters. The van der Waals surface area contributed by atoms with Crippen molar-refractivity contribution < 1.29 is 4.79 Å². The molecule has 25 heavy (non-hydrogen) atoms. The molecule has 2 aromatic carbocycles. The van der Waals surface area contributed by atoms with Crippen LogP contribution < -0.4 is 5.73 Å². The van der Waals surface area contributed by atoms with E-state index < -0.39 is 11.8 Å². The Kier molecular flexibility index (Phi) is 5.07. The lowest BCUT2D eigenvalue weighted by Crippen LogP contribution is -2.24. The lowest BCUT2D eigenvalue weighted by Gasteiger charge is -2.17. The maximum absolute atomic E-state index is 12.2. The number of benzene rings is 2. The summed E-state index contributed by atoms with van der Waals surface area (Å²) in [6.45, 7) is 2.02. The number of carbonyl (C=O) groups is 1. The van der Waals surface area contributed by atoms with Crippen molar-refractivity contribution in [1.29, 1.82) is 0 Å². The third-order valence-electron chi connectivity index (χ3n) is 3.99. The van der Waals surface area contributed by atoms with Gasteiger partial charge in [-0.15, -0.1) is 0 Å². The minimum absolute atomic E-state index is 0.388. The second kappa shape index (κ2) is 7.26. The number of nitrogens with two attached hydrogens (primary N) is 1. The van der Waals surface area contributed by atoms with Gasteiger partial charge in [0.25, 0.3) is 0 Å². The highest BCUT2D eigenvalue weighted by Crippen LogP contribution is 2.35. The lowest BCUT2D eigenvalue weighted by molar-refractivity contribution is -0.118. The molecule has 0 saturated heterocycles. The third-order valence-corrected chi connectivity index (χ3v) is 4.65. The molecule has 0 aliphatic heterocycles. The summed E-state index contributed by atoms with van der Waals surface area (Å²) in [6.07, 6.45) is 0.